The van der Waals surface area contributed by atoms with E-state index in [2.05, 4.69) is 0 Å². The lowest BCUT2D eigenvalue weighted by atomic mass is 9.81. The Bertz CT molecular complexity index is 806. The standard InChI is InChI=1S/C17H16N2O7/c20-17(7-3-8(18(21)22)5-9(4-7)19(23)24)25-13-2-1-10-11-6-12(14(10)13)16-15(11)26-16/h3-5,10-16H,1-2,6H2/t10-,11-,12+,13+,14-,15-,16+/m0/s1. The fourth-order valence-corrected chi connectivity index (χ4v) is 5.58. The molecule has 0 N–H and O–H groups in total. The Labute approximate surface area is 147 Å². The number of nitrogens with zero attached hydrogens (tertiary/aromatic N) is 2. The predicted molar refractivity (Wildman–Crippen MR) is 85.4 cm³/mol. The number of rotatable bonds is 4. The van der Waals surface area contributed by atoms with Crippen molar-refractivity contribution in [3.63, 3.8) is 0 Å². The molecular formula is C17H16N2O7. The van der Waals surface area contributed by atoms with Crippen molar-refractivity contribution in [1.29, 1.82) is 0 Å². The first-order valence-corrected chi connectivity index (χ1v) is 8.74. The summed E-state index contributed by atoms with van der Waals surface area (Å²) in [5, 5.41) is 22.0. The van der Waals surface area contributed by atoms with E-state index in [4.69, 9.17) is 9.47 Å². The Hall–Kier alpha value is -2.55. The molecule has 9 nitrogen and oxygen atoms in total. The number of ether oxygens (including phenoxy) is 2. The molecule has 5 rings (SSSR count). The monoisotopic (exact) mass is 360 g/mol. The van der Waals surface area contributed by atoms with E-state index in [1.807, 2.05) is 0 Å². The first-order chi connectivity index (χ1) is 12.4. The van der Waals surface area contributed by atoms with Crippen molar-refractivity contribution in [2.45, 2.75) is 37.6 Å². The number of nitro benzene ring substituents is 2. The molecule has 0 aromatic heterocycles. The van der Waals surface area contributed by atoms with Crippen molar-refractivity contribution >= 4 is 17.3 Å². The molecule has 1 aromatic carbocycles. The van der Waals surface area contributed by atoms with Crippen LogP contribution in [0.4, 0.5) is 11.4 Å². The van der Waals surface area contributed by atoms with E-state index in [1.54, 1.807) is 0 Å². The Morgan fingerprint density at radius 2 is 1.65 bits per heavy atom. The molecule has 2 bridgehead atoms. The van der Waals surface area contributed by atoms with E-state index in [-0.39, 0.29) is 17.6 Å². The maximum atomic E-state index is 12.5. The average molecular weight is 360 g/mol. The van der Waals surface area contributed by atoms with Crippen LogP contribution in [0.25, 0.3) is 0 Å². The molecule has 26 heavy (non-hydrogen) atoms. The van der Waals surface area contributed by atoms with Crippen LogP contribution >= 0.6 is 0 Å². The van der Waals surface area contributed by atoms with Gasteiger partial charge in [-0.2, -0.15) is 0 Å². The molecule has 0 amide bonds. The highest BCUT2D eigenvalue weighted by Crippen LogP contribution is 2.66. The zero-order chi connectivity index (χ0) is 18.2. The highest BCUT2D eigenvalue weighted by atomic mass is 16.6. The fraction of sp³-hybridized carbons (Fsp3) is 0.588. The average Bonchev–Trinajstić information content (AvgIpc) is 3.00. The number of carbonyl (C=O) groups is 1. The van der Waals surface area contributed by atoms with E-state index in [9.17, 15) is 25.0 Å². The minimum absolute atomic E-state index is 0.155. The molecule has 1 aliphatic heterocycles. The topological polar surface area (TPSA) is 125 Å². The fourth-order valence-electron chi connectivity index (χ4n) is 5.58. The number of epoxide rings is 1. The number of non-ortho nitro benzene ring substituents is 2. The molecule has 3 aliphatic carbocycles. The van der Waals surface area contributed by atoms with Gasteiger partial charge in [-0.15, -0.1) is 0 Å². The molecule has 136 valence electrons. The molecule has 1 aromatic rings. The van der Waals surface area contributed by atoms with Gasteiger partial charge in [0.05, 0.1) is 33.7 Å². The molecular weight excluding hydrogens is 344 g/mol. The summed E-state index contributed by atoms with van der Waals surface area (Å²) in [6, 6.07) is 2.90. The van der Waals surface area contributed by atoms with E-state index in [1.165, 1.54) is 0 Å². The van der Waals surface area contributed by atoms with Crippen LogP contribution in [0.15, 0.2) is 18.2 Å². The minimum Gasteiger partial charge on any atom is -0.458 e. The Morgan fingerprint density at radius 3 is 2.31 bits per heavy atom. The Balaban J connectivity index is 1.37. The van der Waals surface area contributed by atoms with Crippen LogP contribution in [-0.2, 0) is 9.47 Å². The summed E-state index contributed by atoms with van der Waals surface area (Å²) < 4.78 is 11.4. The molecule has 1 heterocycles. The van der Waals surface area contributed by atoms with Crippen LogP contribution in [0.3, 0.4) is 0 Å². The lowest BCUT2D eigenvalue weighted by molar-refractivity contribution is -0.394. The predicted octanol–water partition coefficient (Wildman–Crippen LogP) is 2.47. The largest absolute Gasteiger partial charge is 0.458 e. The van der Waals surface area contributed by atoms with Gasteiger partial charge in [0.25, 0.3) is 11.4 Å². The van der Waals surface area contributed by atoms with Gasteiger partial charge in [0.2, 0.25) is 0 Å². The summed E-state index contributed by atoms with van der Waals surface area (Å²) in [6.45, 7) is 0. The summed E-state index contributed by atoms with van der Waals surface area (Å²) >= 11 is 0. The van der Waals surface area contributed by atoms with Gasteiger partial charge in [0.1, 0.15) is 6.10 Å². The third kappa shape index (κ3) is 2.16. The minimum atomic E-state index is -0.754. The molecule has 4 fully saturated rings. The quantitative estimate of drug-likeness (QED) is 0.349. The van der Waals surface area contributed by atoms with Crippen molar-refractivity contribution in [2.24, 2.45) is 23.7 Å². The Kier molecular flexibility index (Phi) is 3.15. The van der Waals surface area contributed by atoms with Gasteiger partial charge in [0, 0.05) is 18.1 Å². The van der Waals surface area contributed by atoms with Gasteiger partial charge in [-0.25, -0.2) is 4.79 Å². The second-order valence-corrected chi connectivity index (χ2v) is 7.64. The van der Waals surface area contributed by atoms with Gasteiger partial charge in [-0.3, -0.25) is 20.2 Å². The first-order valence-electron chi connectivity index (χ1n) is 8.74. The van der Waals surface area contributed by atoms with Crippen molar-refractivity contribution in [1.82, 2.24) is 0 Å². The third-order valence-electron chi connectivity index (χ3n) is 6.52. The van der Waals surface area contributed by atoms with E-state index in [0.717, 1.165) is 37.5 Å². The molecule has 0 radical (unpaired) electrons. The zero-order valence-electron chi connectivity index (χ0n) is 13.6. The van der Waals surface area contributed by atoms with Gasteiger partial charge in [-0.05, 0) is 37.0 Å². The molecule has 7 atom stereocenters. The van der Waals surface area contributed by atoms with Gasteiger partial charge < -0.3 is 9.47 Å². The lowest BCUT2D eigenvalue weighted by Crippen LogP contribution is -2.32. The summed E-state index contributed by atoms with van der Waals surface area (Å²) in [5.74, 6) is 1.05. The highest BCUT2D eigenvalue weighted by Gasteiger charge is 2.70. The smallest absolute Gasteiger partial charge is 0.338 e. The van der Waals surface area contributed by atoms with E-state index >= 15 is 0 Å². The number of hydrogen-bond donors (Lipinski definition) is 0. The highest BCUT2D eigenvalue weighted by molar-refractivity contribution is 5.91. The number of carbonyl (C=O) groups excluding carboxylic acids is 1. The number of fused-ring (bicyclic) bond motifs is 8. The van der Waals surface area contributed by atoms with Gasteiger partial charge in [-0.1, -0.05) is 0 Å². The maximum Gasteiger partial charge on any atom is 0.338 e. The number of benzene rings is 1. The van der Waals surface area contributed by atoms with Crippen LogP contribution < -0.4 is 0 Å². The van der Waals surface area contributed by atoms with Crippen LogP contribution in [0.2, 0.25) is 0 Å². The van der Waals surface area contributed by atoms with Crippen LogP contribution in [-0.4, -0.2) is 34.1 Å². The molecule has 3 saturated carbocycles. The second kappa shape index (κ2) is 5.23. The van der Waals surface area contributed by atoms with Crippen LogP contribution in [0, 0.1) is 43.9 Å². The second-order valence-electron chi connectivity index (χ2n) is 7.64. The first kappa shape index (κ1) is 15.7. The number of nitro groups is 2. The number of esters is 1. The van der Waals surface area contributed by atoms with Crippen LogP contribution in [0.5, 0.6) is 0 Å². The summed E-state index contributed by atoms with van der Waals surface area (Å²) in [4.78, 5) is 33.0. The van der Waals surface area contributed by atoms with Crippen molar-refractivity contribution in [3.05, 3.63) is 44.0 Å². The van der Waals surface area contributed by atoms with E-state index in [0.29, 0.717) is 30.0 Å². The van der Waals surface area contributed by atoms with E-state index < -0.39 is 27.2 Å². The van der Waals surface area contributed by atoms with Gasteiger partial charge >= 0.3 is 5.97 Å². The molecule has 1 saturated heterocycles. The Morgan fingerprint density at radius 1 is 1.00 bits per heavy atom. The SMILES string of the molecule is O=C(O[C@@H]1CC[C@H]2[C@@H]3C[C@@H]([C@H]4O[C@@H]34)[C@H]21)c1cc([N+](=O)[O-])cc([N+](=O)[O-])c1. The summed E-state index contributed by atoms with van der Waals surface area (Å²) in [7, 11) is 0. The normalized spacial score (nSPS) is 38.5. The summed E-state index contributed by atoms with van der Waals surface area (Å²) in [6.07, 6.45) is 3.34. The lowest BCUT2D eigenvalue weighted by Gasteiger charge is -2.26. The maximum absolute atomic E-state index is 12.5. The molecule has 0 unspecified atom stereocenters. The molecule has 4 aliphatic rings. The molecule has 0 spiro atoms. The van der Waals surface area contributed by atoms with Gasteiger partial charge in [0.15, 0.2) is 0 Å². The van der Waals surface area contributed by atoms with Crippen LogP contribution in [0.1, 0.15) is 29.6 Å². The third-order valence-corrected chi connectivity index (χ3v) is 6.52. The summed E-state index contributed by atoms with van der Waals surface area (Å²) in [5.41, 5.74) is -1.15. The number of hydrogen-bond acceptors (Lipinski definition) is 7. The van der Waals surface area contributed by atoms with Crippen molar-refractivity contribution in [2.75, 3.05) is 0 Å². The van der Waals surface area contributed by atoms with Crippen molar-refractivity contribution < 1.29 is 24.1 Å². The zero-order valence-corrected chi connectivity index (χ0v) is 13.6. The van der Waals surface area contributed by atoms with Crippen molar-refractivity contribution in [3.8, 4) is 0 Å². The molecule has 9 heteroatoms.